The molecular weight excluding hydrogens is 423 g/mol. The highest BCUT2D eigenvalue weighted by Crippen LogP contribution is 2.68. The molecule has 0 radical (unpaired) electrons. The Kier molecular flexibility index (Phi) is 4.43. The van der Waals surface area contributed by atoms with E-state index in [0.717, 1.165) is 40.7 Å². The highest BCUT2D eigenvalue weighted by Gasteiger charge is 2.72. The molecule has 1 aromatic heterocycles. The highest BCUT2D eigenvalue weighted by molar-refractivity contribution is 5.99. The number of pyridine rings is 1. The van der Waals surface area contributed by atoms with Gasteiger partial charge in [0.1, 0.15) is 17.4 Å². The Labute approximate surface area is 190 Å². The standard InChI is InChI=1S/C26H25FN2O4/c27-17-3-1-15(2-4-17)21-19-6-5-18(30)11-20(19)28-23(22(21)16-7-9-33-10-8-16)29-26-12-25(13-26,14-26)24(31)32/h1-6,11,16,30H,7-10,12-14H2,(H,28,29)(H,31,32). The zero-order valence-corrected chi connectivity index (χ0v) is 18.1. The molecule has 0 amide bonds. The summed E-state index contributed by atoms with van der Waals surface area (Å²) in [6.45, 7) is 1.32. The lowest BCUT2D eigenvalue weighted by atomic mass is 9.39. The second-order valence-electron chi connectivity index (χ2n) is 9.87. The van der Waals surface area contributed by atoms with Crippen molar-refractivity contribution in [3.05, 3.63) is 53.8 Å². The van der Waals surface area contributed by atoms with Gasteiger partial charge in [-0.05, 0) is 73.4 Å². The summed E-state index contributed by atoms with van der Waals surface area (Å²) in [4.78, 5) is 16.6. The quantitative estimate of drug-likeness (QED) is 0.505. The molecule has 0 atom stereocenters. The molecule has 1 aliphatic heterocycles. The Balaban J connectivity index is 1.54. The molecule has 0 unspecified atom stereocenters. The monoisotopic (exact) mass is 448 g/mol. The fraction of sp³-hybridized carbons (Fsp3) is 0.385. The molecule has 3 aromatic rings. The number of anilines is 1. The molecule has 4 fully saturated rings. The molecule has 170 valence electrons. The van der Waals surface area contributed by atoms with E-state index in [9.17, 15) is 19.4 Å². The number of benzene rings is 2. The van der Waals surface area contributed by atoms with Gasteiger partial charge in [0.2, 0.25) is 0 Å². The Morgan fingerprint density at radius 3 is 2.45 bits per heavy atom. The molecule has 7 heteroatoms. The Morgan fingerprint density at radius 1 is 1.09 bits per heavy atom. The summed E-state index contributed by atoms with van der Waals surface area (Å²) >= 11 is 0. The van der Waals surface area contributed by atoms with Crippen molar-refractivity contribution < 1.29 is 24.1 Å². The number of rotatable bonds is 5. The summed E-state index contributed by atoms with van der Waals surface area (Å²) < 4.78 is 19.4. The number of nitrogens with one attached hydrogen (secondary N) is 1. The van der Waals surface area contributed by atoms with Gasteiger partial charge in [0, 0.05) is 35.8 Å². The second-order valence-corrected chi connectivity index (χ2v) is 9.87. The van der Waals surface area contributed by atoms with E-state index in [0.29, 0.717) is 38.0 Å². The first kappa shape index (κ1) is 20.4. The SMILES string of the molecule is O=C(O)C12CC(Nc3nc4cc(O)ccc4c(-c4ccc(F)cc4)c3C3CCOCC3)(C1)C2. The lowest BCUT2D eigenvalue weighted by Crippen LogP contribution is -2.73. The van der Waals surface area contributed by atoms with Crippen LogP contribution < -0.4 is 5.32 Å². The highest BCUT2D eigenvalue weighted by atomic mass is 19.1. The van der Waals surface area contributed by atoms with Crippen molar-refractivity contribution in [2.24, 2.45) is 5.41 Å². The van der Waals surface area contributed by atoms with Crippen LogP contribution in [0.4, 0.5) is 10.2 Å². The predicted molar refractivity (Wildman–Crippen MR) is 122 cm³/mol. The number of phenolic OH excluding ortho intramolecular Hbond substituents is 1. The average Bonchev–Trinajstić information content (AvgIpc) is 2.75. The predicted octanol–water partition coefficient (Wildman–Crippen LogP) is 5.06. The van der Waals surface area contributed by atoms with Crippen LogP contribution in [-0.2, 0) is 9.53 Å². The fourth-order valence-electron chi connectivity index (χ4n) is 6.07. The van der Waals surface area contributed by atoms with E-state index in [-0.39, 0.29) is 23.0 Å². The number of carboxylic acid groups (broad SMARTS) is 1. The summed E-state index contributed by atoms with van der Waals surface area (Å²) in [5, 5.41) is 24.2. The molecular formula is C26H25FN2O4. The minimum Gasteiger partial charge on any atom is -0.508 e. The largest absolute Gasteiger partial charge is 0.508 e. The van der Waals surface area contributed by atoms with Crippen LogP contribution in [0.2, 0.25) is 0 Å². The number of halogens is 1. The van der Waals surface area contributed by atoms with E-state index >= 15 is 0 Å². The fourth-order valence-corrected chi connectivity index (χ4v) is 6.07. The van der Waals surface area contributed by atoms with Crippen molar-refractivity contribution >= 4 is 22.7 Å². The van der Waals surface area contributed by atoms with Crippen LogP contribution in [0.3, 0.4) is 0 Å². The number of hydrogen-bond acceptors (Lipinski definition) is 5. The molecule has 1 saturated heterocycles. The third kappa shape index (κ3) is 3.17. The number of phenols is 1. The van der Waals surface area contributed by atoms with Gasteiger partial charge in [-0.15, -0.1) is 0 Å². The summed E-state index contributed by atoms with van der Waals surface area (Å²) in [6, 6.07) is 11.6. The Bertz CT molecular complexity index is 1250. The maximum atomic E-state index is 13.8. The minimum atomic E-state index is -0.723. The van der Waals surface area contributed by atoms with E-state index < -0.39 is 11.4 Å². The van der Waals surface area contributed by atoms with Crippen LogP contribution in [0.1, 0.15) is 43.6 Å². The van der Waals surface area contributed by atoms with E-state index in [1.54, 1.807) is 24.3 Å². The Morgan fingerprint density at radius 2 is 1.79 bits per heavy atom. The van der Waals surface area contributed by atoms with Gasteiger partial charge in [0.15, 0.2) is 0 Å². The molecule has 2 bridgehead atoms. The van der Waals surface area contributed by atoms with E-state index in [1.807, 2.05) is 6.07 Å². The van der Waals surface area contributed by atoms with Crippen LogP contribution in [0, 0.1) is 11.2 Å². The van der Waals surface area contributed by atoms with Crippen molar-refractivity contribution in [2.45, 2.75) is 43.6 Å². The minimum absolute atomic E-state index is 0.125. The molecule has 0 spiro atoms. The number of aliphatic carboxylic acids is 1. The maximum Gasteiger partial charge on any atom is 0.309 e. The molecule has 3 aliphatic carbocycles. The molecule has 6 nitrogen and oxygen atoms in total. The van der Waals surface area contributed by atoms with Crippen LogP contribution in [0.5, 0.6) is 5.75 Å². The van der Waals surface area contributed by atoms with Crippen molar-refractivity contribution in [3.8, 4) is 16.9 Å². The van der Waals surface area contributed by atoms with Crippen molar-refractivity contribution in [1.29, 1.82) is 0 Å². The number of hydrogen-bond donors (Lipinski definition) is 3. The lowest BCUT2D eigenvalue weighted by molar-refractivity contribution is -0.186. The van der Waals surface area contributed by atoms with Gasteiger partial charge < -0.3 is 20.3 Å². The zero-order valence-electron chi connectivity index (χ0n) is 18.1. The summed E-state index contributed by atoms with van der Waals surface area (Å²) in [6.07, 6.45) is 3.47. The van der Waals surface area contributed by atoms with Crippen LogP contribution >= 0.6 is 0 Å². The van der Waals surface area contributed by atoms with Gasteiger partial charge in [-0.3, -0.25) is 4.79 Å². The van der Waals surface area contributed by atoms with Gasteiger partial charge in [-0.25, -0.2) is 9.37 Å². The normalized spacial score (nSPS) is 26.5. The van der Waals surface area contributed by atoms with Gasteiger partial charge >= 0.3 is 5.97 Å². The smallest absolute Gasteiger partial charge is 0.309 e. The first-order valence-corrected chi connectivity index (χ1v) is 11.4. The molecule has 33 heavy (non-hydrogen) atoms. The van der Waals surface area contributed by atoms with Gasteiger partial charge in [0.05, 0.1) is 10.9 Å². The van der Waals surface area contributed by atoms with E-state index in [1.165, 1.54) is 12.1 Å². The Hall–Kier alpha value is -3.19. The van der Waals surface area contributed by atoms with Crippen molar-refractivity contribution in [2.75, 3.05) is 18.5 Å². The maximum absolute atomic E-state index is 13.8. The van der Waals surface area contributed by atoms with E-state index in [2.05, 4.69) is 5.32 Å². The van der Waals surface area contributed by atoms with Crippen molar-refractivity contribution in [1.82, 2.24) is 4.98 Å². The van der Waals surface area contributed by atoms with Crippen LogP contribution in [0.15, 0.2) is 42.5 Å². The summed E-state index contributed by atoms with van der Waals surface area (Å²) in [7, 11) is 0. The number of fused-ring (bicyclic) bond motifs is 1. The number of carboxylic acids is 1. The summed E-state index contributed by atoms with van der Waals surface area (Å²) in [5.41, 5.74) is 2.73. The van der Waals surface area contributed by atoms with Crippen molar-refractivity contribution in [3.63, 3.8) is 0 Å². The number of nitrogens with zero attached hydrogens (tertiary/aromatic N) is 1. The third-order valence-corrected chi connectivity index (χ3v) is 7.64. The molecule has 2 aromatic carbocycles. The molecule has 2 heterocycles. The average molecular weight is 448 g/mol. The van der Waals surface area contributed by atoms with Gasteiger partial charge in [0.25, 0.3) is 0 Å². The lowest BCUT2D eigenvalue weighted by Gasteiger charge is -2.68. The van der Waals surface area contributed by atoms with Gasteiger partial charge in [-0.1, -0.05) is 12.1 Å². The number of carbonyl (C=O) groups is 1. The molecule has 3 saturated carbocycles. The first-order valence-electron chi connectivity index (χ1n) is 11.4. The molecule has 7 rings (SSSR count). The topological polar surface area (TPSA) is 91.7 Å². The number of ether oxygens (including phenoxy) is 1. The molecule has 4 aliphatic rings. The van der Waals surface area contributed by atoms with Crippen LogP contribution in [-0.4, -0.2) is 39.9 Å². The van der Waals surface area contributed by atoms with E-state index in [4.69, 9.17) is 9.72 Å². The van der Waals surface area contributed by atoms with Crippen LogP contribution in [0.25, 0.3) is 22.0 Å². The number of aromatic hydroxyl groups is 1. The molecule has 3 N–H and O–H groups in total. The first-order chi connectivity index (χ1) is 15.9. The summed E-state index contributed by atoms with van der Waals surface area (Å²) in [5.74, 6) is 0.0405. The number of aromatic nitrogens is 1. The second kappa shape index (κ2) is 7.15. The van der Waals surface area contributed by atoms with Gasteiger partial charge in [-0.2, -0.15) is 0 Å². The zero-order chi connectivity index (χ0) is 22.8. The third-order valence-electron chi connectivity index (χ3n) is 7.64.